The third kappa shape index (κ3) is 2.49. The summed E-state index contributed by atoms with van der Waals surface area (Å²) in [5.74, 6) is 0.525. The Labute approximate surface area is 98.3 Å². The molecule has 0 bridgehead atoms. The van der Waals surface area contributed by atoms with Crippen LogP contribution in [0.2, 0.25) is 5.15 Å². The molecule has 15 heavy (non-hydrogen) atoms. The summed E-state index contributed by atoms with van der Waals surface area (Å²) in [5, 5.41) is 1.60. The molecule has 2 aromatic rings. The lowest BCUT2D eigenvalue weighted by atomic mass is 10.1. The van der Waals surface area contributed by atoms with Gasteiger partial charge in [-0.1, -0.05) is 29.8 Å². The van der Waals surface area contributed by atoms with Crippen LogP contribution in [-0.2, 0) is 0 Å². The summed E-state index contributed by atoms with van der Waals surface area (Å²) in [7, 11) is 0. The Morgan fingerprint density at radius 1 is 1.20 bits per heavy atom. The first-order valence-electron chi connectivity index (χ1n) is 4.58. The van der Waals surface area contributed by atoms with E-state index in [0.717, 1.165) is 16.5 Å². The molecular weight excluding hydrogens is 229 g/mol. The Morgan fingerprint density at radius 2 is 2.07 bits per heavy atom. The number of nitrogens with zero attached hydrogens (tertiary/aromatic N) is 1. The number of rotatable bonds is 2. The molecule has 0 unspecified atom stereocenters. The predicted octanol–water partition coefficient (Wildman–Crippen LogP) is 4.14. The van der Waals surface area contributed by atoms with Gasteiger partial charge in [0.15, 0.2) is 0 Å². The van der Waals surface area contributed by atoms with Crippen molar-refractivity contribution in [2.75, 3.05) is 5.88 Å². The SMILES string of the molecule is ClCC=Cc1ccc2nc(Cl)ccc2c1. The number of hydrogen-bond acceptors (Lipinski definition) is 1. The van der Waals surface area contributed by atoms with Gasteiger partial charge in [-0.2, -0.15) is 0 Å². The number of benzene rings is 1. The van der Waals surface area contributed by atoms with Gasteiger partial charge in [-0.15, -0.1) is 11.6 Å². The van der Waals surface area contributed by atoms with E-state index < -0.39 is 0 Å². The van der Waals surface area contributed by atoms with Gasteiger partial charge in [-0.25, -0.2) is 4.98 Å². The molecule has 0 aliphatic carbocycles. The molecule has 1 nitrogen and oxygen atoms in total. The van der Waals surface area contributed by atoms with Crippen LogP contribution in [0.4, 0.5) is 0 Å². The lowest BCUT2D eigenvalue weighted by Gasteiger charge is -1.99. The van der Waals surface area contributed by atoms with Crippen LogP contribution < -0.4 is 0 Å². The second kappa shape index (κ2) is 4.65. The maximum absolute atomic E-state index is 5.80. The van der Waals surface area contributed by atoms with Crippen molar-refractivity contribution in [3.8, 4) is 0 Å². The fourth-order valence-corrected chi connectivity index (χ4v) is 1.65. The van der Waals surface area contributed by atoms with Crippen LogP contribution in [0.15, 0.2) is 36.4 Å². The molecule has 0 spiro atoms. The Morgan fingerprint density at radius 3 is 2.87 bits per heavy atom. The van der Waals surface area contributed by atoms with E-state index in [1.807, 2.05) is 30.4 Å². The second-order valence-corrected chi connectivity index (χ2v) is 3.84. The van der Waals surface area contributed by atoms with Crippen molar-refractivity contribution in [3.05, 3.63) is 47.1 Å². The zero-order valence-corrected chi connectivity index (χ0v) is 9.46. The van der Waals surface area contributed by atoms with E-state index in [1.54, 1.807) is 6.07 Å². The van der Waals surface area contributed by atoms with Gasteiger partial charge in [-0.3, -0.25) is 0 Å². The molecule has 0 saturated carbocycles. The minimum Gasteiger partial charge on any atom is -0.236 e. The first kappa shape index (κ1) is 10.5. The largest absolute Gasteiger partial charge is 0.236 e. The molecule has 1 heterocycles. The van der Waals surface area contributed by atoms with E-state index in [-0.39, 0.29) is 0 Å². The number of pyridine rings is 1. The molecule has 2 rings (SSSR count). The average molecular weight is 238 g/mol. The van der Waals surface area contributed by atoms with Crippen LogP contribution in [0.5, 0.6) is 0 Å². The van der Waals surface area contributed by atoms with E-state index in [1.165, 1.54) is 0 Å². The Balaban J connectivity index is 2.47. The van der Waals surface area contributed by atoms with Crippen LogP contribution in [0.25, 0.3) is 17.0 Å². The van der Waals surface area contributed by atoms with Gasteiger partial charge in [0, 0.05) is 11.3 Å². The average Bonchev–Trinajstić information content (AvgIpc) is 2.26. The van der Waals surface area contributed by atoms with E-state index in [2.05, 4.69) is 11.1 Å². The van der Waals surface area contributed by atoms with Crippen molar-refractivity contribution in [2.45, 2.75) is 0 Å². The number of aromatic nitrogens is 1. The minimum absolute atomic E-state index is 0.520. The summed E-state index contributed by atoms with van der Waals surface area (Å²) in [6, 6.07) is 9.76. The third-order valence-corrected chi connectivity index (χ3v) is 2.47. The van der Waals surface area contributed by atoms with Crippen molar-refractivity contribution in [2.24, 2.45) is 0 Å². The zero-order chi connectivity index (χ0) is 10.7. The van der Waals surface area contributed by atoms with Crippen LogP contribution in [-0.4, -0.2) is 10.9 Å². The molecule has 0 saturated heterocycles. The van der Waals surface area contributed by atoms with E-state index >= 15 is 0 Å². The standard InChI is InChI=1S/C12H9Cl2N/c13-7-1-2-9-3-5-11-10(8-9)4-6-12(14)15-11/h1-6,8H,7H2. The number of halogens is 2. The normalized spacial score (nSPS) is 11.3. The van der Waals surface area contributed by atoms with Crippen LogP contribution in [0.1, 0.15) is 5.56 Å². The summed E-state index contributed by atoms with van der Waals surface area (Å²) in [6.45, 7) is 0. The van der Waals surface area contributed by atoms with Crippen molar-refractivity contribution >= 4 is 40.2 Å². The number of allylic oxidation sites excluding steroid dienone is 1. The lowest BCUT2D eigenvalue weighted by Crippen LogP contribution is -1.80. The number of hydrogen-bond donors (Lipinski definition) is 0. The summed E-state index contributed by atoms with van der Waals surface area (Å²) in [5.41, 5.74) is 2.03. The second-order valence-electron chi connectivity index (χ2n) is 3.14. The Kier molecular flexibility index (Phi) is 3.24. The first-order valence-corrected chi connectivity index (χ1v) is 5.49. The smallest absolute Gasteiger partial charge is 0.129 e. The number of alkyl halides is 1. The molecule has 0 aliphatic heterocycles. The molecule has 0 radical (unpaired) electrons. The zero-order valence-electron chi connectivity index (χ0n) is 7.95. The maximum atomic E-state index is 5.80. The van der Waals surface area contributed by atoms with Crippen molar-refractivity contribution in [1.82, 2.24) is 4.98 Å². The van der Waals surface area contributed by atoms with E-state index in [0.29, 0.717) is 11.0 Å². The fourth-order valence-electron chi connectivity index (χ4n) is 1.40. The highest BCUT2D eigenvalue weighted by molar-refractivity contribution is 6.29. The summed E-state index contributed by atoms with van der Waals surface area (Å²) in [6.07, 6.45) is 3.90. The lowest BCUT2D eigenvalue weighted by molar-refractivity contribution is 1.41. The molecule has 0 atom stereocenters. The van der Waals surface area contributed by atoms with Gasteiger partial charge < -0.3 is 0 Å². The monoisotopic (exact) mass is 237 g/mol. The van der Waals surface area contributed by atoms with Gasteiger partial charge in [0.05, 0.1) is 5.52 Å². The first-order chi connectivity index (χ1) is 7.29. The summed E-state index contributed by atoms with van der Waals surface area (Å²) >= 11 is 11.4. The van der Waals surface area contributed by atoms with Crippen molar-refractivity contribution in [3.63, 3.8) is 0 Å². The van der Waals surface area contributed by atoms with Gasteiger partial charge in [0.25, 0.3) is 0 Å². The minimum atomic E-state index is 0.520. The van der Waals surface area contributed by atoms with E-state index in [9.17, 15) is 0 Å². The summed E-state index contributed by atoms with van der Waals surface area (Å²) < 4.78 is 0. The maximum Gasteiger partial charge on any atom is 0.129 e. The molecule has 0 fully saturated rings. The van der Waals surface area contributed by atoms with Crippen molar-refractivity contribution in [1.29, 1.82) is 0 Å². The van der Waals surface area contributed by atoms with E-state index in [4.69, 9.17) is 23.2 Å². The Bertz CT molecular complexity index is 506. The topological polar surface area (TPSA) is 12.9 Å². The van der Waals surface area contributed by atoms with Crippen LogP contribution in [0, 0.1) is 0 Å². The Hall–Kier alpha value is -1.05. The molecule has 3 heteroatoms. The quantitative estimate of drug-likeness (QED) is 0.566. The molecule has 76 valence electrons. The molecular formula is C12H9Cl2N. The number of fused-ring (bicyclic) bond motifs is 1. The highest BCUT2D eigenvalue weighted by Crippen LogP contribution is 2.17. The van der Waals surface area contributed by atoms with Gasteiger partial charge >= 0.3 is 0 Å². The third-order valence-electron chi connectivity index (χ3n) is 2.08. The van der Waals surface area contributed by atoms with Gasteiger partial charge in [0.2, 0.25) is 0 Å². The molecule has 0 amide bonds. The van der Waals surface area contributed by atoms with Crippen LogP contribution >= 0.6 is 23.2 Å². The summed E-state index contributed by atoms with van der Waals surface area (Å²) in [4.78, 5) is 4.21. The molecule has 0 N–H and O–H groups in total. The molecule has 1 aromatic carbocycles. The molecule has 1 aromatic heterocycles. The molecule has 0 aliphatic rings. The predicted molar refractivity (Wildman–Crippen MR) is 66.5 cm³/mol. The highest BCUT2D eigenvalue weighted by atomic mass is 35.5. The van der Waals surface area contributed by atoms with Gasteiger partial charge in [-0.05, 0) is 29.8 Å². The fraction of sp³-hybridized carbons (Fsp3) is 0.0833. The van der Waals surface area contributed by atoms with Gasteiger partial charge in [0.1, 0.15) is 5.15 Å². The highest BCUT2D eigenvalue weighted by Gasteiger charge is 1.96. The van der Waals surface area contributed by atoms with Crippen molar-refractivity contribution < 1.29 is 0 Å². The van der Waals surface area contributed by atoms with Crippen LogP contribution in [0.3, 0.4) is 0 Å².